The molecule has 1 aromatic carbocycles. The largest absolute Gasteiger partial charge is 0.329 e. The van der Waals surface area contributed by atoms with Crippen molar-refractivity contribution in [1.29, 1.82) is 0 Å². The van der Waals surface area contributed by atoms with E-state index in [2.05, 4.69) is 16.9 Å². The molecule has 1 N–H and O–H groups in total. The molecule has 0 fully saturated rings. The van der Waals surface area contributed by atoms with Gasteiger partial charge in [0.25, 0.3) is 5.56 Å². The van der Waals surface area contributed by atoms with Crippen molar-refractivity contribution >= 4 is 34.5 Å². The van der Waals surface area contributed by atoms with E-state index in [-0.39, 0.29) is 11.6 Å². The summed E-state index contributed by atoms with van der Waals surface area (Å²) in [7, 11) is 1.57. The van der Waals surface area contributed by atoms with Crippen molar-refractivity contribution < 1.29 is 4.39 Å². The summed E-state index contributed by atoms with van der Waals surface area (Å²) in [6.45, 7) is 2.79. The van der Waals surface area contributed by atoms with Crippen LogP contribution in [0.5, 0.6) is 0 Å². The zero-order valence-corrected chi connectivity index (χ0v) is 18.8. The van der Waals surface area contributed by atoms with E-state index in [1.165, 1.54) is 41.7 Å². The fourth-order valence-electron chi connectivity index (χ4n) is 3.39. The summed E-state index contributed by atoms with van der Waals surface area (Å²) in [6, 6.07) is 4.58. The molecule has 0 unspecified atom stereocenters. The lowest BCUT2D eigenvalue weighted by Crippen LogP contribution is -2.29. The fraction of sp³-hybridized carbons (Fsp3) is 0.476. The third kappa shape index (κ3) is 4.98. The van der Waals surface area contributed by atoms with Crippen LogP contribution >= 0.6 is 23.4 Å². The number of hydrogen-bond donors (Lipinski definition) is 1. The number of aromatic nitrogens is 4. The Morgan fingerprint density at radius 1 is 1.17 bits per heavy atom. The highest BCUT2D eigenvalue weighted by atomic mass is 35.5. The van der Waals surface area contributed by atoms with Gasteiger partial charge in [0.1, 0.15) is 5.82 Å². The highest BCUT2D eigenvalue weighted by Crippen LogP contribution is 2.29. The second kappa shape index (κ2) is 10.3. The summed E-state index contributed by atoms with van der Waals surface area (Å²) < 4.78 is 17.3. The number of benzene rings is 1. The highest BCUT2D eigenvalue weighted by Gasteiger charge is 2.18. The summed E-state index contributed by atoms with van der Waals surface area (Å²) in [5, 5.41) is 0.927. The maximum Gasteiger partial charge on any atom is 0.329 e. The normalized spacial score (nSPS) is 11.5. The van der Waals surface area contributed by atoms with Gasteiger partial charge in [-0.3, -0.25) is 14.3 Å². The van der Waals surface area contributed by atoms with E-state index in [9.17, 15) is 14.0 Å². The van der Waals surface area contributed by atoms with Gasteiger partial charge >= 0.3 is 5.69 Å². The molecule has 0 aliphatic carbocycles. The first kappa shape index (κ1) is 22.6. The molecule has 0 aliphatic heterocycles. The molecule has 0 saturated heterocycles. The van der Waals surface area contributed by atoms with Crippen molar-refractivity contribution in [3.05, 3.63) is 55.4 Å². The van der Waals surface area contributed by atoms with E-state index in [0.717, 1.165) is 19.3 Å². The predicted octanol–water partition coefficient (Wildman–Crippen LogP) is 4.87. The SMILES string of the molecule is CCCCCCCCn1c(SCc2c(F)cccc2Cl)nc2c1c(=O)[nH]c(=O)n2C. The number of H-pyrrole nitrogens is 1. The lowest BCUT2D eigenvalue weighted by Gasteiger charge is -2.09. The third-order valence-electron chi connectivity index (χ3n) is 5.11. The van der Waals surface area contributed by atoms with Crippen molar-refractivity contribution in [2.45, 2.75) is 62.9 Å². The van der Waals surface area contributed by atoms with Crippen LogP contribution in [0.4, 0.5) is 4.39 Å². The monoisotopic (exact) mass is 452 g/mol. The van der Waals surface area contributed by atoms with Crippen LogP contribution in [0.1, 0.15) is 51.0 Å². The van der Waals surface area contributed by atoms with E-state index in [1.54, 1.807) is 19.2 Å². The molecule has 0 bridgehead atoms. The highest BCUT2D eigenvalue weighted by molar-refractivity contribution is 7.98. The van der Waals surface area contributed by atoms with E-state index in [1.807, 2.05) is 4.57 Å². The van der Waals surface area contributed by atoms with Crippen LogP contribution in [-0.4, -0.2) is 19.1 Å². The third-order valence-corrected chi connectivity index (χ3v) is 6.47. The van der Waals surface area contributed by atoms with Crippen molar-refractivity contribution in [3.63, 3.8) is 0 Å². The number of aryl methyl sites for hydroxylation is 2. The maximum atomic E-state index is 14.2. The Morgan fingerprint density at radius 2 is 1.90 bits per heavy atom. The molecule has 0 atom stereocenters. The van der Waals surface area contributed by atoms with Crippen LogP contribution in [0.25, 0.3) is 11.2 Å². The standard InChI is InChI=1S/C21H26ClFN4O2S/c1-3-4-5-6-7-8-12-27-17-18(26(2)20(29)25-19(17)28)24-21(27)30-13-14-15(22)10-9-11-16(14)23/h9-11H,3-8,12-13H2,1-2H3,(H,25,28,29). The van der Waals surface area contributed by atoms with Crippen LogP contribution in [-0.2, 0) is 19.3 Å². The predicted molar refractivity (Wildman–Crippen MR) is 120 cm³/mol. The Kier molecular flexibility index (Phi) is 7.77. The van der Waals surface area contributed by atoms with Gasteiger partial charge in [-0.05, 0) is 18.6 Å². The van der Waals surface area contributed by atoms with Gasteiger partial charge in [-0.15, -0.1) is 0 Å². The molecule has 0 amide bonds. The average Bonchev–Trinajstić information content (AvgIpc) is 3.07. The lowest BCUT2D eigenvalue weighted by molar-refractivity contribution is 0.544. The number of aromatic amines is 1. The van der Waals surface area contributed by atoms with Crippen molar-refractivity contribution in [2.75, 3.05) is 0 Å². The summed E-state index contributed by atoms with van der Waals surface area (Å²) in [4.78, 5) is 31.4. The fourth-order valence-corrected chi connectivity index (χ4v) is 4.75. The summed E-state index contributed by atoms with van der Waals surface area (Å²) in [5.74, 6) is -0.101. The number of unbranched alkanes of at least 4 members (excludes halogenated alkanes) is 5. The van der Waals surface area contributed by atoms with Gasteiger partial charge in [0.2, 0.25) is 0 Å². The summed E-state index contributed by atoms with van der Waals surface area (Å²) in [6.07, 6.45) is 6.69. The second-order valence-electron chi connectivity index (χ2n) is 7.29. The first-order chi connectivity index (χ1) is 14.4. The molecule has 0 saturated carbocycles. The number of imidazole rings is 1. The zero-order chi connectivity index (χ0) is 21.7. The van der Waals surface area contributed by atoms with Crippen LogP contribution < -0.4 is 11.2 Å². The topological polar surface area (TPSA) is 72.7 Å². The Bertz CT molecular complexity index is 1120. The van der Waals surface area contributed by atoms with E-state index >= 15 is 0 Å². The van der Waals surface area contributed by atoms with Gasteiger partial charge in [0.15, 0.2) is 16.3 Å². The Hall–Kier alpha value is -2.06. The van der Waals surface area contributed by atoms with E-state index < -0.39 is 11.2 Å². The molecule has 6 nitrogen and oxygen atoms in total. The first-order valence-corrected chi connectivity index (χ1v) is 11.6. The Labute approximate surface area is 183 Å². The number of hydrogen-bond acceptors (Lipinski definition) is 4. The number of thioether (sulfide) groups is 1. The molecule has 0 aliphatic rings. The van der Waals surface area contributed by atoms with Crippen molar-refractivity contribution in [3.8, 4) is 0 Å². The summed E-state index contributed by atoms with van der Waals surface area (Å²) in [5.41, 5.74) is 0.127. The molecule has 9 heteroatoms. The molecule has 2 aromatic heterocycles. The van der Waals surface area contributed by atoms with Crippen LogP contribution in [0, 0.1) is 5.82 Å². The molecule has 0 spiro atoms. The number of rotatable bonds is 10. The van der Waals surface area contributed by atoms with Crippen molar-refractivity contribution in [1.82, 2.24) is 19.1 Å². The molecule has 0 radical (unpaired) electrons. The van der Waals surface area contributed by atoms with E-state index in [0.29, 0.717) is 33.5 Å². The molecular weight excluding hydrogens is 427 g/mol. The van der Waals surface area contributed by atoms with E-state index in [4.69, 9.17) is 11.6 Å². The van der Waals surface area contributed by atoms with Crippen LogP contribution in [0.15, 0.2) is 32.9 Å². The minimum absolute atomic E-state index is 0.275. The minimum atomic E-state index is -0.509. The molecule has 2 heterocycles. The maximum absolute atomic E-state index is 14.2. The Balaban J connectivity index is 1.90. The number of nitrogens with zero attached hydrogens (tertiary/aromatic N) is 3. The molecule has 3 aromatic rings. The van der Waals surface area contributed by atoms with Crippen molar-refractivity contribution in [2.24, 2.45) is 7.05 Å². The zero-order valence-electron chi connectivity index (χ0n) is 17.2. The Morgan fingerprint density at radius 3 is 2.63 bits per heavy atom. The summed E-state index contributed by atoms with van der Waals surface area (Å²) >= 11 is 7.46. The lowest BCUT2D eigenvalue weighted by atomic mass is 10.1. The second-order valence-corrected chi connectivity index (χ2v) is 8.64. The number of nitrogens with one attached hydrogen (secondary N) is 1. The molecular formula is C21H26ClFN4O2S. The van der Waals surface area contributed by atoms with Gasteiger partial charge in [0, 0.05) is 29.9 Å². The minimum Gasteiger partial charge on any atom is -0.313 e. The average molecular weight is 453 g/mol. The number of fused-ring (bicyclic) bond motifs is 1. The molecule has 30 heavy (non-hydrogen) atoms. The van der Waals surface area contributed by atoms with Gasteiger partial charge in [-0.1, -0.05) is 68.5 Å². The van der Waals surface area contributed by atoms with Gasteiger partial charge in [-0.2, -0.15) is 0 Å². The molecule has 3 rings (SSSR count). The van der Waals surface area contributed by atoms with Gasteiger partial charge in [-0.25, -0.2) is 14.2 Å². The quantitative estimate of drug-likeness (QED) is 0.352. The van der Waals surface area contributed by atoms with Gasteiger partial charge in [0.05, 0.1) is 0 Å². The van der Waals surface area contributed by atoms with Crippen LogP contribution in [0.3, 0.4) is 0 Å². The first-order valence-electron chi connectivity index (χ1n) is 10.2. The van der Waals surface area contributed by atoms with Gasteiger partial charge < -0.3 is 4.57 Å². The molecule has 162 valence electrons. The smallest absolute Gasteiger partial charge is 0.313 e. The van der Waals surface area contributed by atoms with Crippen LogP contribution in [0.2, 0.25) is 5.02 Å². The number of halogens is 2.